The van der Waals surface area contributed by atoms with Crippen molar-refractivity contribution in [3.63, 3.8) is 0 Å². The monoisotopic (exact) mass is 338 g/mol. The number of anilines is 1. The zero-order chi connectivity index (χ0) is 16.5. The molecule has 1 amide bonds. The Kier molecular flexibility index (Phi) is 4.45. The third-order valence-corrected chi connectivity index (χ3v) is 4.66. The Bertz CT molecular complexity index is 675. The average molecular weight is 338 g/mol. The van der Waals surface area contributed by atoms with Crippen LogP contribution in [-0.4, -0.2) is 39.1 Å². The van der Waals surface area contributed by atoms with E-state index in [0.29, 0.717) is 0 Å². The number of amides is 1. The molecule has 0 aromatic heterocycles. The number of alkyl halides is 3. The van der Waals surface area contributed by atoms with Crippen molar-refractivity contribution in [3.05, 3.63) is 24.3 Å². The van der Waals surface area contributed by atoms with Gasteiger partial charge in [-0.1, -0.05) is 6.07 Å². The molecule has 0 spiro atoms. The van der Waals surface area contributed by atoms with Gasteiger partial charge in [-0.15, -0.1) is 0 Å². The molecule has 1 aliphatic heterocycles. The molecular formula is C12H13F3N2O4S. The second-order valence-electron chi connectivity index (χ2n) is 4.77. The fraction of sp³-hybridized carbons (Fsp3) is 0.417. The maximum Gasteiger partial charge on any atom is 0.501 e. The number of halogens is 3. The number of hydrogen-bond acceptors (Lipinski definition) is 5. The third kappa shape index (κ3) is 3.23. The molecule has 1 fully saturated rings. The number of ether oxygens (including phenoxy) is 1. The molecule has 2 unspecified atom stereocenters. The first-order chi connectivity index (χ1) is 10.1. The molecule has 1 aromatic carbocycles. The van der Waals surface area contributed by atoms with E-state index in [2.05, 4.69) is 5.32 Å². The topological polar surface area (TPSA) is 98.5 Å². The summed E-state index contributed by atoms with van der Waals surface area (Å²) in [4.78, 5) is 11.0. The SMILES string of the molecule is NC1COCC1C(=O)Nc1cccc(S(=O)(=O)C(F)(F)F)c1. The van der Waals surface area contributed by atoms with Crippen molar-refractivity contribution in [1.82, 2.24) is 0 Å². The number of sulfone groups is 1. The van der Waals surface area contributed by atoms with Gasteiger partial charge >= 0.3 is 5.51 Å². The van der Waals surface area contributed by atoms with Crippen molar-refractivity contribution in [3.8, 4) is 0 Å². The van der Waals surface area contributed by atoms with Crippen LogP contribution in [0.25, 0.3) is 0 Å². The van der Waals surface area contributed by atoms with Crippen molar-refractivity contribution < 1.29 is 31.1 Å². The van der Waals surface area contributed by atoms with Gasteiger partial charge in [-0.05, 0) is 18.2 Å². The smallest absolute Gasteiger partial charge is 0.379 e. The first-order valence-electron chi connectivity index (χ1n) is 6.18. The second-order valence-corrected chi connectivity index (χ2v) is 6.72. The van der Waals surface area contributed by atoms with Crippen LogP contribution < -0.4 is 11.1 Å². The standard InChI is InChI=1S/C12H13F3N2O4S/c13-12(14,15)22(19,20)8-3-1-2-7(4-8)17-11(18)9-5-21-6-10(9)16/h1-4,9-10H,5-6,16H2,(H,17,18). The highest BCUT2D eigenvalue weighted by Gasteiger charge is 2.47. The van der Waals surface area contributed by atoms with Crippen LogP contribution in [-0.2, 0) is 19.4 Å². The summed E-state index contributed by atoms with van der Waals surface area (Å²) in [5, 5.41) is 2.35. The number of benzene rings is 1. The lowest BCUT2D eigenvalue weighted by Gasteiger charge is -2.14. The summed E-state index contributed by atoms with van der Waals surface area (Å²) in [5.41, 5.74) is 0.193. The Morgan fingerprint density at radius 2 is 2.00 bits per heavy atom. The third-order valence-electron chi connectivity index (χ3n) is 3.18. The molecule has 1 saturated heterocycles. The van der Waals surface area contributed by atoms with Crippen molar-refractivity contribution in [2.24, 2.45) is 11.7 Å². The van der Waals surface area contributed by atoms with Crippen LogP contribution in [0.3, 0.4) is 0 Å². The molecule has 1 aromatic rings. The number of carbonyl (C=O) groups excluding carboxylic acids is 1. The summed E-state index contributed by atoms with van der Waals surface area (Å²) in [6.07, 6.45) is 0. The van der Waals surface area contributed by atoms with E-state index in [1.807, 2.05) is 0 Å². The van der Waals surface area contributed by atoms with Crippen LogP contribution in [0.2, 0.25) is 0 Å². The quantitative estimate of drug-likeness (QED) is 0.853. The average Bonchev–Trinajstić information content (AvgIpc) is 2.84. The maximum absolute atomic E-state index is 12.5. The second kappa shape index (κ2) is 5.86. The van der Waals surface area contributed by atoms with Gasteiger partial charge in [0, 0.05) is 11.7 Å². The van der Waals surface area contributed by atoms with Gasteiger partial charge in [0.15, 0.2) is 0 Å². The van der Waals surface area contributed by atoms with Crippen molar-refractivity contribution in [2.75, 3.05) is 18.5 Å². The summed E-state index contributed by atoms with van der Waals surface area (Å²) < 4.78 is 65.2. The van der Waals surface area contributed by atoms with Crippen molar-refractivity contribution >= 4 is 21.4 Å². The Morgan fingerprint density at radius 1 is 1.32 bits per heavy atom. The Balaban J connectivity index is 2.21. The van der Waals surface area contributed by atoms with Gasteiger partial charge in [0.1, 0.15) is 0 Å². The van der Waals surface area contributed by atoms with E-state index >= 15 is 0 Å². The summed E-state index contributed by atoms with van der Waals surface area (Å²) in [5.74, 6) is -1.17. The van der Waals surface area contributed by atoms with Gasteiger partial charge in [-0.3, -0.25) is 4.79 Å². The van der Waals surface area contributed by atoms with Crippen LogP contribution in [0.4, 0.5) is 18.9 Å². The number of hydrogen-bond donors (Lipinski definition) is 2. The minimum atomic E-state index is -5.47. The van der Waals surface area contributed by atoms with Crippen molar-refractivity contribution in [2.45, 2.75) is 16.4 Å². The lowest BCUT2D eigenvalue weighted by molar-refractivity contribution is -0.120. The number of nitrogens with two attached hydrogens (primary N) is 1. The van der Waals surface area contributed by atoms with Gasteiger partial charge in [0.2, 0.25) is 5.91 Å². The van der Waals surface area contributed by atoms with Gasteiger partial charge in [-0.2, -0.15) is 13.2 Å². The zero-order valence-corrected chi connectivity index (χ0v) is 11.9. The van der Waals surface area contributed by atoms with Crippen LogP contribution >= 0.6 is 0 Å². The molecule has 3 N–H and O–H groups in total. The van der Waals surface area contributed by atoms with E-state index in [9.17, 15) is 26.4 Å². The summed E-state index contributed by atoms with van der Waals surface area (Å²) >= 11 is 0. The highest BCUT2D eigenvalue weighted by atomic mass is 32.2. The predicted octanol–water partition coefficient (Wildman–Crippen LogP) is 0.892. The van der Waals surface area contributed by atoms with Gasteiger partial charge in [0.25, 0.3) is 9.84 Å². The molecule has 1 heterocycles. The molecule has 0 saturated carbocycles. The predicted molar refractivity (Wildman–Crippen MR) is 70.6 cm³/mol. The van der Waals surface area contributed by atoms with Crippen LogP contribution in [0.5, 0.6) is 0 Å². The number of carbonyl (C=O) groups is 1. The van der Waals surface area contributed by atoms with Crippen LogP contribution in [0.15, 0.2) is 29.2 Å². The lowest BCUT2D eigenvalue weighted by atomic mass is 10.0. The van der Waals surface area contributed by atoms with E-state index in [0.717, 1.165) is 18.2 Å². The van der Waals surface area contributed by atoms with Gasteiger partial charge in [0.05, 0.1) is 24.0 Å². The first-order valence-corrected chi connectivity index (χ1v) is 7.67. The molecular weight excluding hydrogens is 325 g/mol. The highest BCUT2D eigenvalue weighted by Crippen LogP contribution is 2.31. The molecule has 1 aliphatic rings. The van der Waals surface area contributed by atoms with E-state index in [-0.39, 0.29) is 18.9 Å². The zero-order valence-electron chi connectivity index (χ0n) is 11.1. The van der Waals surface area contributed by atoms with E-state index in [4.69, 9.17) is 10.5 Å². The first kappa shape index (κ1) is 16.7. The lowest BCUT2D eigenvalue weighted by Crippen LogP contribution is -2.37. The number of rotatable bonds is 3. The highest BCUT2D eigenvalue weighted by molar-refractivity contribution is 7.92. The summed E-state index contributed by atoms with van der Waals surface area (Å²) in [6.45, 7) is 0.314. The molecule has 122 valence electrons. The van der Waals surface area contributed by atoms with E-state index in [1.165, 1.54) is 6.07 Å². The largest absolute Gasteiger partial charge is 0.501 e. The Labute approximate surface area is 124 Å². The Morgan fingerprint density at radius 3 is 2.55 bits per heavy atom. The minimum absolute atomic E-state index is 0.0607. The molecule has 2 atom stereocenters. The fourth-order valence-electron chi connectivity index (χ4n) is 1.95. The summed E-state index contributed by atoms with van der Waals surface area (Å²) in [7, 11) is -5.47. The van der Waals surface area contributed by atoms with Gasteiger partial charge < -0.3 is 15.8 Å². The van der Waals surface area contributed by atoms with Crippen LogP contribution in [0.1, 0.15) is 0 Å². The minimum Gasteiger partial charge on any atom is -0.379 e. The molecule has 0 radical (unpaired) electrons. The van der Waals surface area contributed by atoms with E-state index < -0.39 is 38.1 Å². The molecule has 0 bridgehead atoms. The van der Waals surface area contributed by atoms with Crippen LogP contribution in [0, 0.1) is 5.92 Å². The Hall–Kier alpha value is -1.65. The number of nitrogens with one attached hydrogen (secondary N) is 1. The molecule has 0 aliphatic carbocycles. The summed E-state index contributed by atoms with van der Waals surface area (Å²) in [6, 6.07) is 3.45. The normalized spacial score (nSPS) is 22.5. The fourth-order valence-corrected chi connectivity index (χ4v) is 2.76. The van der Waals surface area contributed by atoms with Gasteiger partial charge in [-0.25, -0.2) is 8.42 Å². The molecule has 2 rings (SSSR count). The van der Waals surface area contributed by atoms with Crippen molar-refractivity contribution in [1.29, 1.82) is 0 Å². The maximum atomic E-state index is 12.5. The van der Waals surface area contributed by atoms with E-state index in [1.54, 1.807) is 0 Å². The molecule has 22 heavy (non-hydrogen) atoms. The molecule has 10 heteroatoms. The molecule has 6 nitrogen and oxygen atoms in total.